The molecule has 0 spiro atoms. The lowest BCUT2D eigenvalue weighted by Crippen LogP contribution is -2.41. The van der Waals surface area contributed by atoms with Crippen LogP contribution in [0.1, 0.15) is 37.7 Å². The molecule has 6 nitrogen and oxygen atoms in total. The van der Waals surface area contributed by atoms with Crippen molar-refractivity contribution in [2.45, 2.75) is 38.2 Å². The predicted molar refractivity (Wildman–Crippen MR) is 87.6 cm³/mol. The summed E-state index contributed by atoms with van der Waals surface area (Å²) in [6, 6.07) is 3.33. The van der Waals surface area contributed by atoms with Crippen molar-refractivity contribution in [3.63, 3.8) is 0 Å². The fourth-order valence-corrected chi connectivity index (χ4v) is 3.50. The maximum absolute atomic E-state index is 12.6. The number of rotatable bonds is 4. The Morgan fingerprint density at radius 1 is 1.50 bits per heavy atom. The highest BCUT2D eigenvalue weighted by Crippen LogP contribution is 2.37. The van der Waals surface area contributed by atoms with Gasteiger partial charge in [0.2, 0.25) is 5.91 Å². The van der Waals surface area contributed by atoms with E-state index in [4.69, 9.17) is 16.3 Å². The number of nitrogens with zero attached hydrogens (tertiary/aromatic N) is 2. The number of carbonyl (C=O) groups is 2. The molecule has 0 aliphatic carbocycles. The molecular weight excluding hydrogens is 332 g/mol. The Balaban J connectivity index is 1.94. The van der Waals surface area contributed by atoms with Crippen LogP contribution in [0.25, 0.3) is 0 Å². The lowest BCUT2D eigenvalue weighted by atomic mass is 9.84. The summed E-state index contributed by atoms with van der Waals surface area (Å²) >= 11 is 5.80. The van der Waals surface area contributed by atoms with Crippen LogP contribution in [0.15, 0.2) is 29.6 Å². The third-order valence-corrected chi connectivity index (χ3v) is 4.84. The molecule has 1 unspecified atom stereocenters. The second-order valence-electron chi connectivity index (χ2n) is 6.11. The standard InChI is InChI=1S/C17H19ClN2O4/c1-10-16(17(22)23)13(11-4-5-14(18)19-8-11)7-15(21)20(10)9-12-3-2-6-24-12/h4-5,8,12-13H,2-3,6-7,9H2,1H3,(H,22,23)/t12?,13-/m0/s1. The van der Waals surface area contributed by atoms with Crippen molar-refractivity contribution in [2.24, 2.45) is 0 Å². The molecule has 1 fully saturated rings. The van der Waals surface area contributed by atoms with E-state index in [1.165, 1.54) is 6.20 Å². The second kappa shape index (κ2) is 6.91. The Bertz CT molecular complexity index is 680. The number of hydrogen-bond donors (Lipinski definition) is 1. The van der Waals surface area contributed by atoms with Gasteiger partial charge in [-0.1, -0.05) is 17.7 Å². The molecule has 1 saturated heterocycles. The maximum atomic E-state index is 12.6. The van der Waals surface area contributed by atoms with Crippen LogP contribution >= 0.6 is 11.6 Å². The normalized spacial score (nSPS) is 24.6. The smallest absolute Gasteiger partial charge is 0.333 e. The fraction of sp³-hybridized carbons (Fsp3) is 0.471. The highest BCUT2D eigenvalue weighted by molar-refractivity contribution is 6.29. The first-order valence-electron chi connectivity index (χ1n) is 7.95. The van der Waals surface area contributed by atoms with Crippen LogP contribution in [-0.4, -0.2) is 46.1 Å². The van der Waals surface area contributed by atoms with Gasteiger partial charge in [-0.25, -0.2) is 9.78 Å². The van der Waals surface area contributed by atoms with Crippen LogP contribution in [-0.2, 0) is 14.3 Å². The van der Waals surface area contributed by atoms with E-state index in [9.17, 15) is 14.7 Å². The van der Waals surface area contributed by atoms with Crippen molar-refractivity contribution in [1.82, 2.24) is 9.88 Å². The molecule has 1 aromatic rings. The highest BCUT2D eigenvalue weighted by Gasteiger charge is 2.37. The first-order chi connectivity index (χ1) is 11.5. The average molecular weight is 351 g/mol. The quantitative estimate of drug-likeness (QED) is 0.844. The van der Waals surface area contributed by atoms with E-state index in [0.717, 1.165) is 12.8 Å². The number of carboxylic acid groups (broad SMARTS) is 1. The number of aliphatic carboxylic acids is 1. The van der Waals surface area contributed by atoms with Gasteiger partial charge in [0.25, 0.3) is 0 Å². The third-order valence-electron chi connectivity index (χ3n) is 4.62. The Hall–Kier alpha value is -1.92. The van der Waals surface area contributed by atoms with Gasteiger partial charge in [-0.3, -0.25) is 4.79 Å². The van der Waals surface area contributed by atoms with Gasteiger partial charge in [0.1, 0.15) is 5.15 Å². The number of ether oxygens (including phenoxy) is 1. The van der Waals surface area contributed by atoms with Gasteiger partial charge in [0, 0.05) is 30.8 Å². The van der Waals surface area contributed by atoms with E-state index >= 15 is 0 Å². The summed E-state index contributed by atoms with van der Waals surface area (Å²) in [5, 5.41) is 10.0. The van der Waals surface area contributed by atoms with Gasteiger partial charge in [-0.15, -0.1) is 0 Å². The fourth-order valence-electron chi connectivity index (χ4n) is 3.38. The summed E-state index contributed by atoms with van der Waals surface area (Å²) in [7, 11) is 0. The molecule has 3 heterocycles. The molecule has 1 N–H and O–H groups in total. The van der Waals surface area contributed by atoms with Crippen LogP contribution in [0, 0.1) is 0 Å². The van der Waals surface area contributed by atoms with Crippen LogP contribution in [0.5, 0.6) is 0 Å². The monoisotopic (exact) mass is 350 g/mol. The van der Waals surface area contributed by atoms with Crippen LogP contribution in [0.2, 0.25) is 5.15 Å². The number of amides is 1. The van der Waals surface area contributed by atoms with E-state index in [0.29, 0.717) is 29.6 Å². The summed E-state index contributed by atoms with van der Waals surface area (Å²) in [4.78, 5) is 30.0. The first kappa shape index (κ1) is 16.9. The predicted octanol–water partition coefficient (Wildman–Crippen LogP) is 2.59. The molecule has 0 bridgehead atoms. The van der Waals surface area contributed by atoms with Crippen molar-refractivity contribution in [1.29, 1.82) is 0 Å². The largest absolute Gasteiger partial charge is 0.478 e. The van der Waals surface area contributed by atoms with Crippen LogP contribution in [0.3, 0.4) is 0 Å². The molecule has 0 saturated carbocycles. The van der Waals surface area contributed by atoms with Crippen molar-refractivity contribution in [3.05, 3.63) is 40.3 Å². The number of carboxylic acids is 1. The Morgan fingerprint density at radius 2 is 2.29 bits per heavy atom. The summed E-state index contributed by atoms with van der Waals surface area (Å²) in [6.45, 7) is 2.79. The molecular formula is C17H19ClN2O4. The Labute approximate surface area is 145 Å². The molecule has 24 heavy (non-hydrogen) atoms. The second-order valence-corrected chi connectivity index (χ2v) is 6.50. The lowest BCUT2D eigenvalue weighted by Gasteiger charge is -2.35. The van der Waals surface area contributed by atoms with E-state index in [2.05, 4.69) is 4.98 Å². The number of hydrogen-bond acceptors (Lipinski definition) is 4. The molecule has 0 aromatic carbocycles. The molecule has 0 radical (unpaired) electrons. The number of halogens is 1. The van der Waals surface area contributed by atoms with E-state index < -0.39 is 11.9 Å². The zero-order valence-electron chi connectivity index (χ0n) is 13.4. The van der Waals surface area contributed by atoms with E-state index in [1.54, 1.807) is 24.0 Å². The van der Waals surface area contributed by atoms with E-state index in [1.807, 2.05) is 0 Å². The first-order valence-corrected chi connectivity index (χ1v) is 8.32. The highest BCUT2D eigenvalue weighted by atomic mass is 35.5. The van der Waals surface area contributed by atoms with Crippen LogP contribution < -0.4 is 0 Å². The maximum Gasteiger partial charge on any atom is 0.333 e. The topological polar surface area (TPSA) is 79.7 Å². The minimum atomic E-state index is -1.02. The molecule has 2 aliphatic heterocycles. The molecule has 1 amide bonds. The van der Waals surface area contributed by atoms with E-state index in [-0.39, 0.29) is 24.0 Å². The Morgan fingerprint density at radius 3 is 2.88 bits per heavy atom. The lowest BCUT2D eigenvalue weighted by molar-refractivity contribution is -0.135. The van der Waals surface area contributed by atoms with Gasteiger partial charge >= 0.3 is 5.97 Å². The van der Waals surface area contributed by atoms with Gasteiger partial charge in [-0.2, -0.15) is 0 Å². The molecule has 2 atom stereocenters. The molecule has 3 rings (SSSR count). The SMILES string of the molecule is CC1=C(C(=O)O)[C@H](c2ccc(Cl)nc2)CC(=O)N1CC1CCCO1. The zero-order valence-corrected chi connectivity index (χ0v) is 14.1. The zero-order chi connectivity index (χ0) is 17.3. The summed E-state index contributed by atoms with van der Waals surface area (Å²) in [6.07, 6.45) is 3.48. The number of allylic oxidation sites excluding steroid dienone is 1. The molecule has 7 heteroatoms. The minimum Gasteiger partial charge on any atom is -0.478 e. The number of aromatic nitrogens is 1. The van der Waals surface area contributed by atoms with Crippen LogP contribution in [0.4, 0.5) is 0 Å². The number of carbonyl (C=O) groups excluding carboxylic acids is 1. The molecule has 2 aliphatic rings. The van der Waals surface area contributed by atoms with Crippen molar-refractivity contribution < 1.29 is 19.4 Å². The summed E-state index contributed by atoms with van der Waals surface area (Å²) < 4.78 is 5.58. The average Bonchev–Trinajstić information content (AvgIpc) is 3.04. The van der Waals surface area contributed by atoms with Gasteiger partial charge in [0.15, 0.2) is 0 Å². The molecule has 128 valence electrons. The van der Waals surface area contributed by atoms with Gasteiger partial charge in [-0.05, 0) is 31.4 Å². The number of pyridine rings is 1. The van der Waals surface area contributed by atoms with Gasteiger partial charge in [0.05, 0.1) is 18.2 Å². The summed E-state index contributed by atoms with van der Waals surface area (Å²) in [5.74, 6) is -1.62. The van der Waals surface area contributed by atoms with Gasteiger partial charge < -0.3 is 14.7 Å². The third kappa shape index (κ3) is 3.30. The minimum absolute atomic E-state index is 0.0207. The Kier molecular flexibility index (Phi) is 4.87. The van der Waals surface area contributed by atoms with Crippen molar-refractivity contribution >= 4 is 23.5 Å². The molecule has 1 aromatic heterocycles. The van der Waals surface area contributed by atoms with Crippen molar-refractivity contribution in [3.8, 4) is 0 Å². The summed E-state index contributed by atoms with van der Waals surface area (Å²) in [5.41, 5.74) is 1.40. The van der Waals surface area contributed by atoms with Crippen molar-refractivity contribution in [2.75, 3.05) is 13.2 Å².